The molecule has 0 radical (unpaired) electrons. The molecule has 0 spiro atoms. The highest BCUT2D eigenvalue weighted by molar-refractivity contribution is 5.92. The van der Waals surface area contributed by atoms with Crippen LogP contribution < -0.4 is 10.6 Å². The van der Waals surface area contributed by atoms with E-state index in [0.29, 0.717) is 19.0 Å². The highest BCUT2D eigenvalue weighted by Gasteiger charge is 2.27. The van der Waals surface area contributed by atoms with Crippen LogP contribution in [0.5, 0.6) is 0 Å². The van der Waals surface area contributed by atoms with Crippen LogP contribution in [0, 0.1) is 11.8 Å². The maximum Gasteiger partial charge on any atom is 0.234 e. The molecule has 1 saturated heterocycles. The molecule has 0 bridgehead atoms. The zero-order chi connectivity index (χ0) is 20.6. The molecule has 0 aromatic heterocycles. The Kier molecular flexibility index (Phi) is 7.42. The Morgan fingerprint density at radius 1 is 1.03 bits per heavy atom. The number of likely N-dealkylation sites (tertiary alicyclic amines) is 1. The van der Waals surface area contributed by atoms with Crippen molar-refractivity contribution in [3.8, 4) is 0 Å². The predicted molar refractivity (Wildman–Crippen MR) is 116 cm³/mol. The van der Waals surface area contributed by atoms with Gasteiger partial charge in [-0.05, 0) is 43.0 Å². The zero-order valence-corrected chi connectivity index (χ0v) is 17.3. The molecule has 154 valence electrons. The molecule has 2 amide bonds. The Hall–Kier alpha value is -2.66. The molecule has 2 aromatic carbocycles. The van der Waals surface area contributed by atoms with Crippen LogP contribution in [0.15, 0.2) is 60.7 Å². The molecule has 5 nitrogen and oxygen atoms in total. The first-order chi connectivity index (χ1) is 14.0. The molecule has 1 heterocycles. The summed E-state index contributed by atoms with van der Waals surface area (Å²) >= 11 is 0. The summed E-state index contributed by atoms with van der Waals surface area (Å²) in [4.78, 5) is 27.4. The summed E-state index contributed by atoms with van der Waals surface area (Å²) in [5, 5.41) is 6.17. The van der Waals surface area contributed by atoms with E-state index in [0.717, 1.165) is 30.6 Å². The molecule has 0 aliphatic carbocycles. The van der Waals surface area contributed by atoms with E-state index in [1.165, 1.54) is 0 Å². The summed E-state index contributed by atoms with van der Waals surface area (Å²) in [6.07, 6.45) is 1.78. The molecule has 29 heavy (non-hydrogen) atoms. The summed E-state index contributed by atoms with van der Waals surface area (Å²) < 4.78 is 0. The van der Waals surface area contributed by atoms with Gasteiger partial charge in [-0.15, -0.1) is 0 Å². The van der Waals surface area contributed by atoms with Crippen molar-refractivity contribution in [1.29, 1.82) is 0 Å². The van der Waals surface area contributed by atoms with Gasteiger partial charge in [0.1, 0.15) is 0 Å². The van der Waals surface area contributed by atoms with Crippen molar-refractivity contribution in [2.45, 2.75) is 32.7 Å². The first-order valence-electron chi connectivity index (χ1n) is 10.5. The minimum Gasteiger partial charge on any atom is -0.348 e. The lowest BCUT2D eigenvalue weighted by molar-refractivity contribution is -0.126. The molecule has 0 saturated carbocycles. The summed E-state index contributed by atoms with van der Waals surface area (Å²) in [7, 11) is 0. The highest BCUT2D eigenvalue weighted by Crippen LogP contribution is 2.22. The zero-order valence-electron chi connectivity index (χ0n) is 17.3. The fourth-order valence-electron chi connectivity index (χ4n) is 3.90. The van der Waals surface area contributed by atoms with Crippen LogP contribution in [-0.4, -0.2) is 36.3 Å². The van der Waals surface area contributed by atoms with Crippen molar-refractivity contribution in [2.24, 2.45) is 11.8 Å². The van der Waals surface area contributed by atoms with Gasteiger partial charge in [-0.1, -0.05) is 62.4 Å². The minimum atomic E-state index is -0.0909. The number of anilines is 1. The Balaban J connectivity index is 1.54. The molecule has 1 aliphatic heterocycles. The van der Waals surface area contributed by atoms with Gasteiger partial charge in [0.05, 0.1) is 18.5 Å². The maximum atomic E-state index is 12.7. The van der Waals surface area contributed by atoms with E-state index in [1.54, 1.807) is 0 Å². The van der Waals surface area contributed by atoms with Gasteiger partial charge in [-0.2, -0.15) is 0 Å². The van der Waals surface area contributed by atoms with E-state index in [9.17, 15) is 9.59 Å². The lowest BCUT2D eigenvalue weighted by Gasteiger charge is -2.32. The van der Waals surface area contributed by atoms with Crippen molar-refractivity contribution < 1.29 is 9.59 Å². The van der Waals surface area contributed by atoms with Crippen molar-refractivity contribution >= 4 is 17.5 Å². The largest absolute Gasteiger partial charge is 0.348 e. The van der Waals surface area contributed by atoms with Crippen LogP contribution in [0.2, 0.25) is 0 Å². The topological polar surface area (TPSA) is 61.4 Å². The standard InChI is InChI=1S/C24H31N3O2/c1-18(2)23(19-10-5-3-6-11-19)26-22(28)17-27-15-9-12-20(16-27)24(29)25-21-13-7-4-8-14-21/h3-8,10-11,13-14,18,20,23H,9,12,15-17H2,1-2H3,(H,25,29)(H,26,28)/t20-,23-/m1/s1. The molecule has 2 N–H and O–H groups in total. The molecule has 1 aliphatic rings. The Labute approximate surface area is 173 Å². The van der Waals surface area contributed by atoms with Gasteiger partial charge in [0.2, 0.25) is 11.8 Å². The van der Waals surface area contributed by atoms with Gasteiger partial charge in [-0.3, -0.25) is 14.5 Å². The average Bonchev–Trinajstić information content (AvgIpc) is 2.73. The average molecular weight is 394 g/mol. The van der Waals surface area contributed by atoms with Gasteiger partial charge < -0.3 is 10.6 Å². The number of para-hydroxylation sites is 1. The Morgan fingerprint density at radius 3 is 2.34 bits per heavy atom. The molecule has 2 aromatic rings. The molecular weight excluding hydrogens is 362 g/mol. The van der Waals surface area contributed by atoms with Crippen molar-refractivity contribution in [1.82, 2.24) is 10.2 Å². The Bertz CT molecular complexity index is 792. The monoisotopic (exact) mass is 393 g/mol. The molecule has 5 heteroatoms. The van der Waals surface area contributed by atoms with Crippen molar-refractivity contribution in [3.63, 3.8) is 0 Å². The van der Waals surface area contributed by atoms with Gasteiger partial charge >= 0.3 is 0 Å². The molecule has 2 atom stereocenters. The number of rotatable bonds is 7. The fraction of sp³-hybridized carbons (Fsp3) is 0.417. The van der Waals surface area contributed by atoms with Gasteiger partial charge in [0.25, 0.3) is 0 Å². The minimum absolute atomic E-state index is 0.00864. The van der Waals surface area contributed by atoms with Gasteiger partial charge in [-0.25, -0.2) is 0 Å². The van der Waals surface area contributed by atoms with Gasteiger partial charge in [0, 0.05) is 12.2 Å². The Morgan fingerprint density at radius 2 is 1.69 bits per heavy atom. The third-order valence-electron chi connectivity index (χ3n) is 5.43. The van der Waals surface area contributed by atoms with Crippen LogP contribution in [0.25, 0.3) is 0 Å². The number of hydrogen-bond acceptors (Lipinski definition) is 3. The van der Waals surface area contributed by atoms with E-state index in [1.807, 2.05) is 48.5 Å². The van der Waals surface area contributed by atoms with Crippen LogP contribution >= 0.6 is 0 Å². The summed E-state index contributed by atoms with van der Waals surface area (Å²) in [6, 6.07) is 19.6. The quantitative estimate of drug-likeness (QED) is 0.751. The number of carbonyl (C=O) groups is 2. The van der Waals surface area contributed by atoms with E-state index in [-0.39, 0.29) is 23.8 Å². The van der Waals surface area contributed by atoms with E-state index in [4.69, 9.17) is 0 Å². The number of carbonyl (C=O) groups excluding carboxylic acids is 2. The second-order valence-electron chi connectivity index (χ2n) is 8.13. The molecule has 1 fully saturated rings. The third kappa shape index (κ3) is 6.16. The third-order valence-corrected chi connectivity index (χ3v) is 5.43. The van der Waals surface area contributed by atoms with Crippen molar-refractivity contribution in [3.05, 3.63) is 66.2 Å². The van der Waals surface area contributed by atoms with E-state index >= 15 is 0 Å². The van der Waals surface area contributed by atoms with Crippen molar-refractivity contribution in [2.75, 3.05) is 25.0 Å². The predicted octanol–water partition coefficient (Wildman–Crippen LogP) is 3.85. The molecule has 0 unspecified atom stereocenters. The van der Waals surface area contributed by atoms with Crippen LogP contribution in [0.4, 0.5) is 5.69 Å². The molecular formula is C24H31N3O2. The number of nitrogens with one attached hydrogen (secondary N) is 2. The summed E-state index contributed by atoms with van der Waals surface area (Å²) in [5.41, 5.74) is 1.93. The first kappa shape index (κ1) is 21.1. The van der Waals surface area contributed by atoms with Crippen LogP contribution in [0.1, 0.15) is 38.3 Å². The summed E-state index contributed by atoms with van der Waals surface area (Å²) in [5.74, 6) is 0.251. The van der Waals surface area contributed by atoms with Crippen LogP contribution in [0.3, 0.4) is 0 Å². The number of piperidine rings is 1. The van der Waals surface area contributed by atoms with Gasteiger partial charge in [0.15, 0.2) is 0 Å². The van der Waals surface area contributed by atoms with Crippen LogP contribution in [-0.2, 0) is 9.59 Å². The number of benzene rings is 2. The molecule has 3 rings (SSSR count). The second kappa shape index (κ2) is 10.2. The first-order valence-corrected chi connectivity index (χ1v) is 10.5. The maximum absolute atomic E-state index is 12.7. The number of nitrogens with zero attached hydrogens (tertiary/aromatic N) is 1. The second-order valence-corrected chi connectivity index (χ2v) is 8.13. The SMILES string of the molecule is CC(C)[C@@H](NC(=O)CN1CCC[C@@H](C(=O)Nc2ccccc2)C1)c1ccccc1. The number of amides is 2. The van der Waals surface area contributed by atoms with E-state index < -0.39 is 0 Å². The number of hydrogen-bond donors (Lipinski definition) is 2. The fourth-order valence-corrected chi connectivity index (χ4v) is 3.90. The lowest BCUT2D eigenvalue weighted by Crippen LogP contribution is -2.46. The lowest BCUT2D eigenvalue weighted by atomic mass is 9.95. The highest BCUT2D eigenvalue weighted by atomic mass is 16.2. The van der Waals surface area contributed by atoms with E-state index in [2.05, 4.69) is 41.5 Å². The normalized spacial score (nSPS) is 18.2. The smallest absolute Gasteiger partial charge is 0.234 e. The summed E-state index contributed by atoms with van der Waals surface area (Å²) in [6.45, 7) is 6.01.